The Balaban J connectivity index is 3.20. The van der Waals surface area contributed by atoms with Crippen molar-refractivity contribution in [1.29, 1.82) is 0 Å². The summed E-state index contributed by atoms with van der Waals surface area (Å²) >= 11 is 0. The molecule has 3 N–H and O–H groups in total. The highest BCUT2D eigenvalue weighted by molar-refractivity contribution is 5.86. The Morgan fingerprint density at radius 1 is 1.55 bits per heavy atom. The third-order valence-electron chi connectivity index (χ3n) is 1.08. The van der Waals surface area contributed by atoms with Gasteiger partial charge in [0, 0.05) is 0 Å². The fourth-order valence-corrected chi connectivity index (χ4v) is 0.618. The van der Waals surface area contributed by atoms with Crippen LogP contribution in [0.15, 0.2) is 0 Å². The van der Waals surface area contributed by atoms with Gasteiger partial charge in [0.05, 0.1) is 5.69 Å². The maximum Gasteiger partial charge on any atom is 0.358 e. The topological polar surface area (TPSA) is 102 Å². The van der Waals surface area contributed by atoms with Gasteiger partial charge in [0.1, 0.15) is 0 Å². The first kappa shape index (κ1) is 7.39. The Kier molecular flexibility index (Phi) is 1.67. The highest BCUT2D eigenvalue weighted by Crippen LogP contribution is 1.99. The first-order valence-corrected chi connectivity index (χ1v) is 2.81. The molecule has 6 nitrogen and oxygen atoms in total. The number of carboxylic acids is 1. The zero-order valence-electron chi connectivity index (χ0n) is 5.77. The predicted octanol–water partition coefficient (Wildman–Crippen LogP) is -0.540. The standard InChI is InChI=1S/C5H6N4O2/c1-2-3(4(10)11)8-9-5(6)7-2/h1H3,(H,10,11)(H2,6,7,9). The van der Waals surface area contributed by atoms with E-state index in [0.29, 0.717) is 0 Å². The first-order valence-electron chi connectivity index (χ1n) is 2.81. The molecule has 0 aromatic carbocycles. The third kappa shape index (κ3) is 1.40. The van der Waals surface area contributed by atoms with Gasteiger partial charge in [0.2, 0.25) is 5.95 Å². The lowest BCUT2D eigenvalue weighted by molar-refractivity contribution is 0.0687. The summed E-state index contributed by atoms with van der Waals surface area (Å²) in [5, 5.41) is 15.1. The second-order valence-corrected chi connectivity index (χ2v) is 1.91. The van der Waals surface area contributed by atoms with Crippen molar-refractivity contribution in [2.75, 3.05) is 5.73 Å². The van der Waals surface area contributed by atoms with Gasteiger partial charge in [0.15, 0.2) is 5.69 Å². The molecule has 0 fully saturated rings. The minimum atomic E-state index is -1.15. The number of nitrogens with two attached hydrogens (primary N) is 1. The molecule has 1 aromatic rings. The van der Waals surface area contributed by atoms with Gasteiger partial charge >= 0.3 is 5.97 Å². The fraction of sp³-hybridized carbons (Fsp3) is 0.200. The highest BCUT2D eigenvalue weighted by atomic mass is 16.4. The van der Waals surface area contributed by atoms with E-state index >= 15 is 0 Å². The van der Waals surface area contributed by atoms with Crippen molar-refractivity contribution in [3.8, 4) is 0 Å². The summed E-state index contributed by atoms with van der Waals surface area (Å²) in [7, 11) is 0. The summed E-state index contributed by atoms with van der Waals surface area (Å²) in [4.78, 5) is 14.0. The van der Waals surface area contributed by atoms with E-state index in [4.69, 9.17) is 10.8 Å². The molecule has 6 heteroatoms. The SMILES string of the molecule is Cc1nc(N)nnc1C(=O)O. The number of hydrogen-bond donors (Lipinski definition) is 2. The van der Waals surface area contributed by atoms with Crippen LogP contribution in [0.2, 0.25) is 0 Å². The van der Waals surface area contributed by atoms with Crippen LogP contribution in [0.1, 0.15) is 16.2 Å². The number of aromatic nitrogens is 3. The van der Waals surface area contributed by atoms with Crippen LogP contribution in [0.4, 0.5) is 5.95 Å². The summed E-state index contributed by atoms with van der Waals surface area (Å²) in [5.74, 6) is -1.17. The Hall–Kier alpha value is -1.72. The number of nitrogens with zero attached hydrogens (tertiary/aromatic N) is 3. The Morgan fingerprint density at radius 3 is 2.64 bits per heavy atom. The molecular weight excluding hydrogens is 148 g/mol. The van der Waals surface area contributed by atoms with E-state index in [1.54, 1.807) is 0 Å². The number of carbonyl (C=O) groups is 1. The number of carboxylic acid groups (broad SMARTS) is 1. The van der Waals surface area contributed by atoms with Crippen LogP contribution in [-0.2, 0) is 0 Å². The number of nitrogen functional groups attached to an aromatic ring is 1. The number of anilines is 1. The Morgan fingerprint density at radius 2 is 2.18 bits per heavy atom. The van der Waals surface area contributed by atoms with Crippen molar-refractivity contribution < 1.29 is 9.90 Å². The molecule has 58 valence electrons. The molecule has 11 heavy (non-hydrogen) atoms. The molecule has 0 aliphatic carbocycles. The molecule has 1 rings (SSSR count). The number of aryl methyl sites for hydroxylation is 1. The first-order chi connectivity index (χ1) is 5.11. The zero-order valence-corrected chi connectivity index (χ0v) is 5.77. The van der Waals surface area contributed by atoms with Crippen LogP contribution < -0.4 is 5.73 Å². The average Bonchev–Trinajstić information content (AvgIpc) is 1.85. The maximum absolute atomic E-state index is 10.3. The molecule has 1 aromatic heterocycles. The molecular formula is C5H6N4O2. The van der Waals surface area contributed by atoms with E-state index in [-0.39, 0.29) is 17.3 Å². The van der Waals surface area contributed by atoms with Gasteiger partial charge in [-0.2, -0.15) is 0 Å². The van der Waals surface area contributed by atoms with Gasteiger partial charge in [-0.05, 0) is 6.92 Å². The van der Waals surface area contributed by atoms with Gasteiger partial charge in [-0.15, -0.1) is 10.2 Å². The zero-order chi connectivity index (χ0) is 8.43. The monoisotopic (exact) mass is 154 g/mol. The van der Waals surface area contributed by atoms with Gasteiger partial charge < -0.3 is 10.8 Å². The smallest absolute Gasteiger partial charge is 0.358 e. The van der Waals surface area contributed by atoms with Crippen molar-refractivity contribution in [2.45, 2.75) is 6.92 Å². The van der Waals surface area contributed by atoms with Crippen LogP contribution in [0.25, 0.3) is 0 Å². The number of hydrogen-bond acceptors (Lipinski definition) is 5. The van der Waals surface area contributed by atoms with Crippen LogP contribution >= 0.6 is 0 Å². The van der Waals surface area contributed by atoms with E-state index in [1.165, 1.54) is 6.92 Å². The maximum atomic E-state index is 10.3. The third-order valence-corrected chi connectivity index (χ3v) is 1.08. The number of rotatable bonds is 1. The second kappa shape index (κ2) is 2.49. The van der Waals surface area contributed by atoms with Gasteiger partial charge in [-0.3, -0.25) is 0 Å². The van der Waals surface area contributed by atoms with Crippen molar-refractivity contribution in [3.63, 3.8) is 0 Å². The Bertz CT molecular complexity index is 299. The summed E-state index contributed by atoms with van der Waals surface area (Å²) in [6.07, 6.45) is 0. The molecule has 0 saturated heterocycles. The predicted molar refractivity (Wildman–Crippen MR) is 35.9 cm³/mol. The molecule has 0 bridgehead atoms. The normalized spacial score (nSPS) is 9.55. The van der Waals surface area contributed by atoms with E-state index in [2.05, 4.69) is 15.2 Å². The molecule has 0 aliphatic rings. The highest BCUT2D eigenvalue weighted by Gasteiger charge is 2.10. The van der Waals surface area contributed by atoms with Crippen LogP contribution in [0.3, 0.4) is 0 Å². The molecule has 0 saturated carbocycles. The van der Waals surface area contributed by atoms with E-state index < -0.39 is 5.97 Å². The quantitative estimate of drug-likeness (QED) is 0.563. The molecule has 1 heterocycles. The summed E-state index contributed by atoms with van der Waals surface area (Å²) < 4.78 is 0. The minimum Gasteiger partial charge on any atom is -0.476 e. The van der Waals surface area contributed by atoms with Crippen LogP contribution in [0, 0.1) is 6.92 Å². The average molecular weight is 154 g/mol. The van der Waals surface area contributed by atoms with Crippen molar-refractivity contribution >= 4 is 11.9 Å². The van der Waals surface area contributed by atoms with Crippen molar-refractivity contribution in [1.82, 2.24) is 15.2 Å². The van der Waals surface area contributed by atoms with Gasteiger partial charge in [0.25, 0.3) is 0 Å². The van der Waals surface area contributed by atoms with E-state index in [1.807, 2.05) is 0 Å². The van der Waals surface area contributed by atoms with Crippen molar-refractivity contribution in [2.24, 2.45) is 0 Å². The molecule has 0 amide bonds. The molecule has 0 radical (unpaired) electrons. The lowest BCUT2D eigenvalue weighted by Crippen LogP contribution is -2.09. The fourth-order valence-electron chi connectivity index (χ4n) is 0.618. The van der Waals surface area contributed by atoms with Gasteiger partial charge in [-0.1, -0.05) is 0 Å². The Labute approximate surface area is 62.1 Å². The molecule has 0 aliphatic heterocycles. The van der Waals surface area contributed by atoms with Gasteiger partial charge in [-0.25, -0.2) is 9.78 Å². The minimum absolute atomic E-state index is 0.0208. The molecule has 0 unspecified atom stereocenters. The summed E-state index contributed by atoms with van der Waals surface area (Å²) in [6, 6.07) is 0. The molecule has 0 atom stereocenters. The van der Waals surface area contributed by atoms with Crippen LogP contribution in [-0.4, -0.2) is 26.3 Å². The number of aromatic carboxylic acids is 1. The summed E-state index contributed by atoms with van der Waals surface area (Å²) in [6.45, 7) is 1.51. The largest absolute Gasteiger partial charge is 0.476 e. The second-order valence-electron chi connectivity index (χ2n) is 1.91. The summed E-state index contributed by atoms with van der Waals surface area (Å²) in [5.41, 5.74) is 5.25. The lowest BCUT2D eigenvalue weighted by atomic mass is 10.3. The van der Waals surface area contributed by atoms with E-state index in [0.717, 1.165) is 0 Å². The van der Waals surface area contributed by atoms with Crippen LogP contribution in [0.5, 0.6) is 0 Å². The van der Waals surface area contributed by atoms with E-state index in [9.17, 15) is 4.79 Å². The lowest BCUT2D eigenvalue weighted by Gasteiger charge is -1.96. The molecule has 0 spiro atoms. The van der Waals surface area contributed by atoms with Crippen molar-refractivity contribution in [3.05, 3.63) is 11.4 Å².